The largest absolute Gasteiger partial charge is 0.433 e. The lowest BCUT2D eigenvalue weighted by molar-refractivity contribution is -0.141. The fourth-order valence-electron chi connectivity index (χ4n) is 1.47. The van der Waals surface area contributed by atoms with Crippen LogP contribution >= 0.6 is 0 Å². The van der Waals surface area contributed by atoms with Crippen molar-refractivity contribution in [1.82, 2.24) is 9.97 Å². The van der Waals surface area contributed by atoms with E-state index in [0.717, 1.165) is 0 Å². The van der Waals surface area contributed by atoms with Crippen LogP contribution in [0.5, 0.6) is 0 Å². The Morgan fingerprint density at radius 1 is 1.47 bits per heavy atom. The molecule has 0 radical (unpaired) electrons. The van der Waals surface area contributed by atoms with E-state index in [2.05, 4.69) is 14.7 Å². The minimum atomic E-state index is -1.86. The number of hydrogen-bond acceptors (Lipinski definition) is 4. The number of halogens is 1. The van der Waals surface area contributed by atoms with E-state index in [1.54, 1.807) is 24.3 Å². The smallest absolute Gasteiger partial charge is 0.295 e. The first-order valence-corrected chi connectivity index (χ1v) is 4.92. The number of nitrogens with one attached hydrogen (secondary N) is 1. The van der Waals surface area contributed by atoms with Gasteiger partial charge in [-0.1, -0.05) is 12.1 Å². The predicted molar refractivity (Wildman–Crippen MR) is 58.1 cm³/mol. The van der Waals surface area contributed by atoms with Crippen molar-refractivity contribution in [3.8, 4) is 0 Å². The standard InChI is InChI=1S/C11H9FN2O3/c12-10(17-6-15)5-9-11(16)14-8-4-2-1-3-7(8)13-9/h1-4,6,10H,5H2,(H,14,16). The monoisotopic (exact) mass is 236 g/mol. The fraction of sp³-hybridized carbons (Fsp3) is 0.182. The number of hydrogen-bond donors (Lipinski definition) is 1. The number of alkyl halides is 1. The lowest BCUT2D eigenvalue weighted by Gasteiger charge is -2.05. The highest BCUT2D eigenvalue weighted by molar-refractivity contribution is 5.73. The Morgan fingerprint density at radius 2 is 2.24 bits per heavy atom. The van der Waals surface area contributed by atoms with Crippen molar-refractivity contribution >= 4 is 17.5 Å². The zero-order chi connectivity index (χ0) is 12.3. The molecule has 1 N–H and O–H groups in total. The van der Waals surface area contributed by atoms with E-state index < -0.39 is 11.9 Å². The van der Waals surface area contributed by atoms with Crippen molar-refractivity contribution < 1.29 is 13.9 Å². The zero-order valence-corrected chi connectivity index (χ0v) is 8.72. The van der Waals surface area contributed by atoms with Gasteiger partial charge in [-0.15, -0.1) is 0 Å². The topological polar surface area (TPSA) is 72.0 Å². The molecule has 88 valence electrons. The number of nitrogens with zero attached hydrogens (tertiary/aromatic N) is 1. The highest BCUT2D eigenvalue weighted by atomic mass is 19.1. The van der Waals surface area contributed by atoms with Gasteiger partial charge in [-0.05, 0) is 12.1 Å². The molecule has 0 amide bonds. The van der Waals surface area contributed by atoms with E-state index in [1.165, 1.54) is 0 Å². The molecule has 0 fully saturated rings. The number of H-pyrrole nitrogens is 1. The summed E-state index contributed by atoms with van der Waals surface area (Å²) in [4.78, 5) is 28.1. The Bertz CT molecular complexity index is 597. The Morgan fingerprint density at radius 3 is 3.00 bits per heavy atom. The van der Waals surface area contributed by atoms with Crippen molar-refractivity contribution in [2.24, 2.45) is 0 Å². The van der Waals surface area contributed by atoms with E-state index in [4.69, 9.17) is 0 Å². The molecule has 0 spiro atoms. The van der Waals surface area contributed by atoms with Gasteiger partial charge in [-0.3, -0.25) is 9.59 Å². The summed E-state index contributed by atoms with van der Waals surface area (Å²) in [5, 5.41) is 0. The SMILES string of the molecule is O=COC(F)Cc1nc2ccccc2[nH]c1=O. The van der Waals surface area contributed by atoms with Crippen LogP contribution in [0.1, 0.15) is 5.69 Å². The maximum Gasteiger partial charge on any atom is 0.295 e. The summed E-state index contributed by atoms with van der Waals surface area (Å²) >= 11 is 0. The molecule has 1 heterocycles. The summed E-state index contributed by atoms with van der Waals surface area (Å²) in [7, 11) is 0. The number of fused-ring (bicyclic) bond motifs is 1. The van der Waals surface area contributed by atoms with Gasteiger partial charge in [0.25, 0.3) is 12.0 Å². The fourth-order valence-corrected chi connectivity index (χ4v) is 1.47. The third-order valence-electron chi connectivity index (χ3n) is 2.23. The van der Waals surface area contributed by atoms with Gasteiger partial charge in [0.05, 0.1) is 17.5 Å². The zero-order valence-electron chi connectivity index (χ0n) is 8.72. The molecule has 1 unspecified atom stereocenters. The Balaban J connectivity index is 2.37. The third kappa shape index (κ3) is 2.47. The van der Waals surface area contributed by atoms with Crippen LogP contribution in [0.15, 0.2) is 29.1 Å². The number of carbonyl (C=O) groups is 1. The summed E-state index contributed by atoms with van der Waals surface area (Å²) in [5.74, 6) is 0. The van der Waals surface area contributed by atoms with Gasteiger partial charge in [-0.2, -0.15) is 0 Å². The lowest BCUT2D eigenvalue weighted by atomic mass is 10.2. The first-order valence-electron chi connectivity index (χ1n) is 4.92. The summed E-state index contributed by atoms with van der Waals surface area (Å²) < 4.78 is 17.1. The van der Waals surface area contributed by atoms with Gasteiger partial charge in [0, 0.05) is 0 Å². The molecule has 6 heteroatoms. The molecule has 2 aromatic rings. The Labute approximate surface area is 95.2 Å². The second kappa shape index (κ2) is 4.73. The second-order valence-corrected chi connectivity index (χ2v) is 3.38. The van der Waals surface area contributed by atoms with Crippen LogP contribution < -0.4 is 5.56 Å². The minimum absolute atomic E-state index is 0.0000950. The maximum atomic E-state index is 13.0. The molecule has 1 atom stereocenters. The summed E-state index contributed by atoms with van der Waals surface area (Å²) in [6.45, 7) is -0.0000950. The van der Waals surface area contributed by atoms with Crippen LogP contribution in [0.2, 0.25) is 0 Å². The highest BCUT2D eigenvalue weighted by Crippen LogP contribution is 2.07. The van der Waals surface area contributed by atoms with Crippen molar-refractivity contribution in [3.05, 3.63) is 40.3 Å². The maximum absolute atomic E-state index is 13.0. The van der Waals surface area contributed by atoms with Gasteiger partial charge in [0.2, 0.25) is 6.36 Å². The first-order chi connectivity index (χ1) is 8.20. The third-order valence-corrected chi connectivity index (χ3v) is 2.23. The van der Waals surface area contributed by atoms with Gasteiger partial charge in [0.1, 0.15) is 5.69 Å². The Hall–Kier alpha value is -2.24. The van der Waals surface area contributed by atoms with Crippen LogP contribution in [-0.4, -0.2) is 22.8 Å². The number of aromatic nitrogens is 2. The second-order valence-electron chi connectivity index (χ2n) is 3.38. The molecule has 1 aromatic heterocycles. The van der Waals surface area contributed by atoms with E-state index in [0.29, 0.717) is 11.0 Å². The number of carbonyl (C=O) groups excluding carboxylic acids is 1. The van der Waals surface area contributed by atoms with Gasteiger partial charge in [-0.25, -0.2) is 9.37 Å². The van der Waals surface area contributed by atoms with E-state index in [-0.39, 0.29) is 18.6 Å². The van der Waals surface area contributed by atoms with Gasteiger partial charge < -0.3 is 9.72 Å². The van der Waals surface area contributed by atoms with Crippen molar-refractivity contribution in [2.75, 3.05) is 0 Å². The Kier molecular flexibility index (Phi) is 3.13. The molecule has 0 bridgehead atoms. The molecule has 0 aliphatic rings. The molecular formula is C11H9FN2O3. The summed E-state index contributed by atoms with van der Waals surface area (Å²) in [6.07, 6.45) is -2.22. The lowest BCUT2D eigenvalue weighted by Crippen LogP contribution is -2.20. The molecule has 1 aromatic carbocycles. The number of rotatable bonds is 4. The number of para-hydroxylation sites is 2. The average Bonchev–Trinajstić information content (AvgIpc) is 2.30. The van der Waals surface area contributed by atoms with Crippen molar-refractivity contribution in [1.29, 1.82) is 0 Å². The van der Waals surface area contributed by atoms with Crippen LogP contribution in [0.25, 0.3) is 11.0 Å². The van der Waals surface area contributed by atoms with E-state index >= 15 is 0 Å². The van der Waals surface area contributed by atoms with Crippen LogP contribution in [-0.2, 0) is 16.0 Å². The quantitative estimate of drug-likeness (QED) is 0.802. The number of ether oxygens (including phenoxy) is 1. The molecule has 5 nitrogen and oxygen atoms in total. The molecule has 17 heavy (non-hydrogen) atoms. The van der Waals surface area contributed by atoms with E-state index in [1.807, 2.05) is 0 Å². The average molecular weight is 236 g/mol. The molecule has 2 rings (SSSR count). The predicted octanol–water partition coefficient (Wildman–Crippen LogP) is 0.934. The van der Waals surface area contributed by atoms with Crippen molar-refractivity contribution in [2.45, 2.75) is 12.8 Å². The number of benzene rings is 1. The van der Waals surface area contributed by atoms with Crippen molar-refractivity contribution in [3.63, 3.8) is 0 Å². The first kappa shape index (κ1) is 11.3. The molecule has 0 aliphatic heterocycles. The summed E-state index contributed by atoms with van der Waals surface area (Å²) in [6, 6.07) is 6.91. The van der Waals surface area contributed by atoms with E-state index in [9.17, 15) is 14.0 Å². The number of aromatic amines is 1. The van der Waals surface area contributed by atoms with Gasteiger partial charge >= 0.3 is 0 Å². The van der Waals surface area contributed by atoms with Crippen LogP contribution in [0.3, 0.4) is 0 Å². The minimum Gasteiger partial charge on any atom is -0.433 e. The molecule has 0 aliphatic carbocycles. The molecule has 0 saturated heterocycles. The molecular weight excluding hydrogens is 227 g/mol. The normalized spacial score (nSPS) is 12.3. The van der Waals surface area contributed by atoms with Crippen LogP contribution in [0, 0.1) is 0 Å². The van der Waals surface area contributed by atoms with Crippen LogP contribution in [0.4, 0.5) is 4.39 Å². The van der Waals surface area contributed by atoms with Gasteiger partial charge in [0.15, 0.2) is 0 Å². The molecule has 0 saturated carbocycles. The summed E-state index contributed by atoms with van der Waals surface area (Å²) in [5.41, 5.74) is 0.646. The highest BCUT2D eigenvalue weighted by Gasteiger charge is 2.12.